The first-order chi connectivity index (χ1) is 19.4. The summed E-state index contributed by atoms with van der Waals surface area (Å²) in [6.07, 6.45) is 2.70. The van der Waals surface area contributed by atoms with Crippen molar-refractivity contribution < 1.29 is 13.2 Å². The Labute approximate surface area is 253 Å². The molecule has 0 aromatic heterocycles. The van der Waals surface area contributed by atoms with Crippen molar-refractivity contribution in [3.05, 3.63) is 106 Å². The molecule has 0 fully saturated rings. The Morgan fingerprint density at radius 1 is 0.810 bits per heavy atom. The highest BCUT2D eigenvalue weighted by Gasteiger charge is 2.14. The largest absolute Gasteiger partial charge is 0.334 e. The SMILES string of the molecule is C=Cc1cc(CNC(=O)NCc2ccc(C(C)(C)C)cc2)cc(C)c1NS(C)(=O)=O.CC(C)(C)c1ccc(CN)cc1. The number of carbonyl (C=O) groups is 1. The van der Waals surface area contributed by atoms with Gasteiger partial charge in [-0.15, -0.1) is 0 Å². The van der Waals surface area contributed by atoms with Crippen LogP contribution in [0.4, 0.5) is 10.5 Å². The first-order valence-corrected chi connectivity index (χ1v) is 16.0. The predicted molar refractivity (Wildman–Crippen MR) is 177 cm³/mol. The van der Waals surface area contributed by atoms with Crippen LogP contribution in [0.25, 0.3) is 6.08 Å². The number of rotatable bonds is 8. The molecule has 7 nitrogen and oxygen atoms in total. The van der Waals surface area contributed by atoms with Crippen LogP contribution < -0.4 is 21.1 Å². The molecule has 0 saturated carbocycles. The molecule has 0 atom stereocenters. The molecule has 2 amide bonds. The maximum Gasteiger partial charge on any atom is 0.315 e. The zero-order valence-corrected chi connectivity index (χ0v) is 27.2. The summed E-state index contributed by atoms with van der Waals surface area (Å²) in [5.41, 5.74) is 13.5. The maximum atomic E-state index is 12.2. The molecule has 0 aliphatic rings. The third-order valence-electron chi connectivity index (χ3n) is 6.71. The smallest absolute Gasteiger partial charge is 0.315 e. The second kappa shape index (κ2) is 14.5. The number of sulfonamides is 1. The number of anilines is 1. The molecule has 0 saturated heterocycles. The zero-order valence-electron chi connectivity index (χ0n) is 26.4. The van der Waals surface area contributed by atoms with E-state index in [9.17, 15) is 13.2 Å². The number of nitrogens with two attached hydrogens (primary N) is 1. The standard InChI is InChI=1S/C23H31N3O3S.C11H17N/c1-7-19-13-18(12-16(2)21(19)26-30(6,28)29)15-25-22(27)24-14-17-8-10-20(11-9-17)23(3,4)5;1-11(2,3)10-6-4-9(8-12)5-7-10/h7-13,26H,1,14-15H2,2-6H3,(H2,24,25,27);4-7H,8,12H2,1-3H3. The van der Waals surface area contributed by atoms with Crippen LogP contribution in [0.15, 0.2) is 67.2 Å². The van der Waals surface area contributed by atoms with E-state index in [1.807, 2.05) is 25.1 Å². The van der Waals surface area contributed by atoms with Crippen LogP contribution in [0, 0.1) is 6.92 Å². The van der Waals surface area contributed by atoms with Crippen LogP contribution in [-0.4, -0.2) is 20.7 Å². The van der Waals surface area contributed by atoms with Gasteiger partial charge in [0.2, 0.25) is 10.0 Å². The highest BCUT2D eigenvalue weighted by Crippen LogP contribution is 2.25. The minimum absolute atomic E-state index is 0.0954. The number of hydrogen-bond donors (Lipinski definition) is 4. The summed E-state index contributed by atoms with van der Waals surface area (Å²) in [5, 5.41) is 5.68. The Hall–Kier alpha value is -3.62. The second-order valence-corrected chi connectivity index (χ2v) is 14.3. The van der Waals surface area contributed by atoms with E-state index >= 15 is 0 Å². The molecule has 0 heterocycles. The van der Waals surface area contributed by atoms with Gasteiger partial charge in [0.15, 0.2) is 0 Å². The first-order valence-electron chi connectivity index (χ1n) is 14.1. The van der Waals surface area contributed by atoms with E-state index in [-0.39, 0.29) is 16.9 Å². The van der Waals surface area contributed by atoms with Crippen LogP contribution in [0.2, 0.25) is 0 Å². The Bertz CT molecular complexity index is 1450. The van der Waals surface area contributed by atoms with Crippen LogP contribution in [0.3, 0.4) is 0 Å². The van der Waals surface area contributed by atoms with Crippen molar-refractivity contribution in [3.8, 4) is 0 Å². The Kier molecular flexibility index (Phi) is 12.0. The molecular weight excluding hydrogens is 544 g/mol. The number of benzene rings is 3. The fourth-order valence-corrected chi connectivity index (χ4v) is 4.82. The predicted octanol–water partition coefficient (Wildman–Crippen LogP) is 6.75. The normalized spacial score (nSPS) is 11.6. The first kappa shape index (κ1) is 34.6. The molecule has 5 N–H and O–H groups in total. The number of urea groups is 1. The summed E-state index contributed by atoms with van der Waals surface area (Å²) in [6, 6.07) is 20.1. The van der Waals surface area contributed by atoms with Crippen LogP contribution in [0.1, 0.15) is 80.5 Å². The summed E-state index contributed by atoms with van der Waals surface area (Å²) in [4.78, 5) is 12.2. The molecule has 3 rings (SSSR count). The van der Waals surface area contributed by atoms with E-state index < -0.39 is 10.0 Å². The monoisotopic (exact) mass is 592 g/mol. The van der Waals surface area contributed by atoms with E-state index in [4.69, 9.17) is 5.73 Å². The zero-order chi connectivity index (χ0) is 31.7. The molecule has 0 aliphatic heterocycles. The van der Waals surface area contributed by atoms with Crippen molar-refractivity contribution in [2.75, 3.05) is 11.0 Å². The highest BCUT2D eigenvalue weighted by molar-refractivity contribution is 7.92. The minimum atomic E-state index is -3.39. The van der Waals surface area contributed by atoms with Gasteiger partial charge >= 0.3 is 6.03 Å². The molecular formula is C34H48N4O3S. The van der Waals surface area contributed by atoms with Gasteiger partial charge in [0.05, 0.1) is 11.9 Å². The summed E-state index contributed by atoms with van der Waals surface area (Å²) in [7, 11) is -3.39. The number of nitrogens with one attached hydrogen (secondary N) is 3. The fraction of sp³-hybridized carbons (Fsp3) is 0.382. The van der Waals surface area contributed by atoms with E-state index in [1.165, 1.54) is 16.7 Å². The molecule has 8 heteroatoms. The van der Waals surface area contributed by atoms with Gasteiger partial charge in [-0.2, -0.15) is 0 Å². The van der Waals surface area contributed by atoms with Crippen molar-refractivity contribution in [1.82, 2.24) is 10.6 Å². The number of aryl methyl sites for hydroxylation is 1. The topological polar surface area (TPSA) is 113 Å². The Morgan fingerprint density at radius 3 is 1.67 bits per heavy atom. The van der Waals surface area contributed by atoms with Crippen LogP contribution >= 0.6 is 0 Å². The van der Waals surface area contributed by atoms with Gasteiger partial charge in [-0.05, 0) is 62.8 Å². The average Bonchev–Trinajstić information content (AvgIpc) is 2.91. The molecule has 228 valence electrons. The third kappa shape index (κ3) is 11.3. The van der Waals surface area contributed by atoms with Crippen molar-refractivity contribution in [1.29, 1.82) is 0 Å². The van der Waals surface area contributed by atoms with Gasteiger partial charge in [0.1, 0.15) is 0 Å². The van der Waals surface area contributed by atoms with Gasteiger partial charge < -0.3 is 16.4 Å². The summed E-state index contributed by atoms with van der Waals surface area (Å²) < 4.78 is 25.6. The third-order valence-corrected chi connectivity index (χ3v) is 7.29. The second-order valence-electron chi connectivity index (χ2n) is 12.6. The van der Waals surface area contributed by atoms with Crippen LogP contribution in [-0.2, 0) is 40.5 Å². The lowest BCUT2D eigenvalue weighted by atomic mass is 9.87. The number of hydrogen-bond acceptors (Lipinski definition) is 4. The summed E-state index contributed by atoms with van der Waals surface area (Å²) in [6.45, 7) is 20.1. The quantitative estimate of drug-likeness (QED) is 0.232. The Balaban J connectivity index is 0.000000428. The molecule has 0 aliphatic carbocycles. The maximum absolute atomic E-state index is 12.2. The highest BCUT2D eigenvalue weighted by atomic mass is 32.2. The molecule has 3 aromatic carbocycles. The average molecular weight is 593 g/mol. The number of amides is 2. The van der Waals surface area contributed by atoms with Crippen molar-refractivity contribution in [3.63, 3.8) is 0 Å². The van der Waals surface area contributed by atoms with Gasteiger partial charge in [-0.25, -0.2) is 13.2 Å². The Morgan fingerprint density at radius 2 is 1.26 bits per heavy atom. The van der Waals surface area contributed by atoms with Gasteiger partial charge in [0, 0.05) is 19.6 Å². The van der Waals surface area contributed by atoms with E-state index in [0.29, 0.717) is 30.9 Å². The van der Waals surface area contributed by atoms with E-state index in [1.54, 1.807) is 12.1 Å². The van der Waals surface area contributed by atoms with E-state index in [0.717, 1.165) is 22.9 Å². The number of carbonyl (C=O) groups excluding carboxylic acids is 1. The van der Waals surface area contributed by atoms with Crippen molar-refractivity contribution in [2.24, 2.45) is 5.73 Å². The lowest BCUT2D eigenvalue weighted by Crippen LogP contribution is -2.34. The molecule has 0 unspecified atom stereocenters. The van der Waals surface area contributed by atoms with Gasteiger partial charge in [0.25, 0.3) is 0 Å². The van der Waals surface area contributed by atoms with Gasteiger partial charge in [-0.3, -0.25) is 4.72 Å². The minimum Gasteiger partial charge on any atom is -0.334 e. The van der Waals surface area contributed by atoms with Crippen molar-refractivity contribution in [2.45, 2.75) is 78.9 Å². The molecule has 0 radical (unpaired) electrons. The fourth-order valence-electron chi connectivity index (χ4n) is 4.17. The summed E-state index contributed by atoms with van der Waals surface area (Å²) in [5.74, 6) is 0. The van der Waals surface area contributed by atoms with Crippen LogP contribution in [0.5, 0.6) is 0 Å². The molecule has 42 heavy (non-hydrogen) atoms. The lowest BCUT2D eigenvalue weighted by Gasteiger charge is -2.19. The summed E-state index contributed by atoms with van der Waals surface area (Å²) >= 11 is 0. The van der Waals surface area contributed by atoms with Gasteiger partial charge in [-0.1, -0.05) is 109 Å². The molecule has 3 aromatic rings. The lowest BCUT2D eigenvalue weighted by molar-refractivity contribution is 0.240. The van der Waals surface area contributed by atoms with Crippen molar-refractivity contribution >= 4 is 27.8 Å². The molecule has 0 bridgehead atoms. The molecule has 0 spiro atoms. The van der Waals surface area contributed by atoms with E-state index in [2.05, 4.69) is 99.9 Å².